The van der Waals surface area contributed by atoms with Gasteiger partial charge in [-0.25, -0.2) is 13.2 Å². The molecule has 1 fully saturated rings. The lowest BCUT2D eigenvalue weighted by Gasteiger charge is -2.33. The Kier molecular flexibility index (Phi) is 4.79. The molecular weight excluding hydrogens is 325 g/mol. The first-order valence-corrected chi connectivity index (χ1v) is 8.79. The Morgan fingerprint density at radius 1 is 1.43 bits per heavy atom. The molecule has 23 heavy (non-hydrogen) atoms. The quantitative estimate of drug-likeness (QED) is 0.857. The second kappa shape index (κ2) is 6.67. The minimum Gasteiger partial charge on any atom is -0.590 e. The highest BCUT2D eigenvalue weighted by atomic mass is 32.2. The van der Waals surface area contributed by atoms with Crippen molar-refractivity contribution >= 4 is 26.5 Å². The number of piperidine rings is 1. The summed E-state index contributed by atoms with van der Waals surface area (Å²) in [6.07, 6.45) is -3.27. The van der Waals surface area contributed by atoms with Crippen LogP contribution in [0.5, 0.6) is 0 Å². The van der Waals surface area contributed by atoms with Crippen LogP contribution in [0.25, 0.3) is 10.1 Å². The minimum atomic E-state index is -2.48. The van der Waals surface area contributed by atoms with E-state index in [0.717, 1.165) is 6.54 Å². The molecule has 3 nitrogen and oxygen atoms in total. The number of likely N-dealkylation sites (tertiary alicyclic amines) is 1. The molecule has 3 rings (SSSR count). The van der Waals surface area contributed by atoms with Gasteiger partial charge in [0.05, 0.1) is 11.7 Å². The van der Waals surface area contributed by atoms with E-state index in [-0.39, 0.29) is 6.04 Å². The summed E-state index contributed by atoms with van der Waals surface area (Å²) in [6.45, 7) is 1.13. The van der Waals surface area contributed by atoms with Crippen molar-refractivity contribution in [2.45, 2.75) is 31.5 Å². The number of nitrogens with one attached hydrogen (secondary N) is 1. The van der Waals surface area contributed by atoms with Gasteiger partial charge >= 0.3 is 0 Å². The van der Waals surface area contributed by atoms with E-state index in [4.69, 9.17) is 0 Å². The van der Waals surface area contributed by atoms with E-state index in [1.54, 1.807) is 18.2 Å². The minimum absolute atomic E-state index is 0.352. The first-order chi connectivity index (χ1) is 11.0. The van der Waals surface area contributed by atoms with E-state index in [9.17, 15) is 17.7 Å². The van der Waals surface area contributed by atoms with Crippen LogP contribution in [0.4, 0.5) is 18.9 Å². The van der Waals surface area contributed by atoms with E-state index < -0.39 is 29.8 Å². The number of hydrogen-bond acceptors (Lipinski definition) is 3. The van der Waals surface area contributed by atoms with Crippen LogP contribution >= 0.6 is 10.8 Å². The molecule has 0 radical (unpaired) electrons. The molecule has 2 aromatic rings. The van der Waals surface area contributed by atoms with Gasteiger partial charge in [0.15, 0.2) is 0 Å². The Labute approximate surface area is 135 Å². The van der Waals surface area contributed by atoms with E-state index in [2.05, 4.69) is 5.32 Å². The lowest BCUT2D eigenvalue weighted by atomic mass is 10.0. The lowest BCUT2D eigenvalue weighted by molar-refractivity contribution is 0.149. The zero-order valence-corrected chi connectivity index (χ0v) is 13.6. The topological polar surface area (TPSA) is 38.3 Å². The van der Waals surface area contributed by atoms with Crippen LogP contribution in [0.15, 0.2) is 23.6 Å². The average Bonchev–Trinajstić information content (AvgIpc) is 2.79. The van der Waals surface area contributed by atoms with Gasteiger partial charge in [-0.1, -0.05) is 6.07 Å². The first-order valence-electron chi connectivity index (χ1n) is 7.57. The Balaban J connectivity index is 1.91. The standard InChI is InChI=1S/C16H19F3N2OS/c1-21-6-5-13(12(17)8-21)20-14-4-2-3-11-10(7-15(18)19)9-23(22)16(11)14/h2-4,9,12-13,15,20H,5-8H2,1H3/t12-,13+,23?/m0/s1. The third kappa shape index (κ3) is 3.46. The highest BCUT2D eigenvalue weighted by Gasteiger charge is 2.29. The molecule has 3 atom stereocenters. The number of alkyl halides is 3. The molecule has 1 N–H and O–H groups in total. The van der Waals surface area contributed by atoms with Crippen molar-refractivity contribution in [2.75, 3.05) is 25.5 Å². The summed E-state index contributed by atoms with van der Waals surface area (Å²) >= 11 is 0. The summed E-state index contributed by atoms with van der Waals surface area (Å²) in [7, 11) is 0.404. The zero-order valence-electron chi connectivity index (χ0n) is 12.8. The fourth-order valence-corrected chi connectivity index (χ4v) is 4.47. The van der Waals surface area contributed by atoms with E-state index >= 15 is 0 Å². The molecule has 2 heterocycles. The fraction of sp³-hybridized carbons (Fsp3) is 0.500. The second-order valence-corrected chi connectivity index (χ2v) is 7.27. The normalized spacial score (nSPS) is 23.7. The molecule has 126 valence electrons. The van der Waals surface area contributed by atoms with Crippen molar-refractivity contribution in [2.24, 2.45) is 0 Å². The number of nitrogens with zero attached hydrogens (tertiary/aromatic N) is 1. The van der Waals surface area contributed by atoms with Crippen LogP contribution in [0.3, 0.4) is 0 Å². The Hall–Kier alpha value is -1.31. The molecule has 1 aliphatic heterocycles. The molecule has 0 saturated carbocycles. The van der Waals surface area contributed by atoms with Crippen LogP contribution < -0.4 is 5.32 Å². The van der Waals surface area contributed by atoms with Crippen LogP contribution in [0.2, 0.25) is 0 Å². The second-order valence-electron chi connectivity index (χ2n) is 6.04. The van der Waals surface area contributed by atoms with Crippen LogP contribution in [0, 0.1) is 0 Å². The summed E-state index contributed by atoms with van der Waals surface area (Å²) in [6, 6.07) is 4.81. The molecule has 1 unspecified atom stereocenters. The fourth-order valence-electron chi connectivity index (χ4n) is 3.12. The summed E-state index contributed by atoms with van der Waals surface area (Å²) in [5.41, 5.74) is 0.982. The predicted molar refractivity (Wildman–Crippen MR) is 86.7 cm³/mol. The van der Waals surface area contributed by atoms with Crippen molar-refractivity contribution in [3.8, 4) is 0 Å². The summed E-state index contributed by atoms with van der Waals surface area (Å²) in [5.74, 6) is 0. The Morgan fingerprint density at radius 3 is 2.91 bits per heavy atom. The number of hydrogen-bond donors (Lipinski definition) is 1. The zero-order chi connectivity index (χ0) is 16.6. The van der Waals surface area contributed by atoms with Gasteiger partial charge in [0.2, 0.25) is 11.1 Å². The van der Waals surface area contributed by atoms with Crippen molar-refractivity contribution < 1.29 is 17.7 Å². The lowest BCUT2D eigenvalue weighted by Crippen LogP contribution is -2.46. The molecule has 1 aromatic heterocycles. The van der Waals surface area contributed by atoms with Crippen LogP contribution in [-0.4, -0.2) is 48.2 Å². The van der Waals surface area contributed by atoms with Crippen molar-refractivity contribution in [1.82, 2.24) is 4.90 Å². The SMILES string of the molecule is CN1CC[C@@H](Nc2cccc3c(CC(F)F)c[s+]([O-])c23)[C@@H](F)C1. The number of thiophene rings is 1. The van der Waals surface area contributed by atoms with Crippen LogP contribution in [0.1, 0.15) is 12.0 Å². The van der Waals surface area contributed by atoms with Gasteiger partial charge < -0.3 is 14.8 Å². The average molecular weight is 344 g/mol. The highest BCUT2D eigenvalue weighted by molar-refractivity contribution is 7.30. The predicted octanol–water partition coefficient (Wildman–Crippen LogP) is 3.83. The summed E-state index contributed by atoms with van der Waals surface area (Å²) in [4.78, 5) is 1.93. The van der Waals surface area contributed by atoms with Gasteiger partial charge in [-0.05, 0) is 36.4 Å². The van der Waals surface area contributed by atoms with E-state index in [1.807, 2.05) is 11.9 Å². The number of rotatable bonds is 4. The van der Waals surface area contributed by atoms with Gasteiger partial charge in [-0.2, -0.15) is 0 Å². The van der Waals surface area contributed by atoms with Gasteiger partial charge in [0.1, 0.15) is 11.6 Å². The maximum absolute atomic E-state index is 14.2. The van der Waals surface area contributed by atoms with Gasteiger partial charge in [-0.3, -0.25) is 0 Å². The maximum Gasteiger partial charge on any atom is 0.242 e. The molecule has 1 aliphatic rings. The third-order valence-electron chi connectivity index (χ3n) is 4.27. The van der Waals surface area contributed by atoms with Crippen molar-refractivity contribution in [1.29, 1.82) is 0 Å². The first kappa shape index (κ1) is 16.5. The molecule has 7 heteroatoms. The molecule has 0 aliphatic carbocycles. The Morgan fingerprint density at radius 2 is 2.22 bits per heavy atom. The molecular formula is C16H19F3N2OS. The monoisotopic (exact) mass is 344 g/mol. The molecule has 0 amide bonds. The van der Waals surface area contributed by atoms with Gasteiger partial charge in [0.25, 0.3) is 0 Å². The number of anilines is 1. The van der Waals surface area contributed by atoms with Crippen molar-refractivity contribution in [3.05, 3.63) is 29.1 Å². The van der Waals surface area contributed by atoms with Gasteiger partial charge in [-0.15, -0.1) is 0 Å². The largest absolute Gasteiger partial charge is 0.590 e. The smallest absolute Gasteiger partial charge is 0.242 e. The number of halogens is 3. The summed E-state index contributed by atoms with van der Waals surface area (Å²) in [5, 5.41) is 5.10. The molecule has 1 saturated heterocycles. The molecule has 1 aromatic carbocycles. The summed E-state index contributed by atoms with van der Waals surface area (Å²) < 4.78 is 52.3. The van der Waals surface area contributed by atoms with Crippen LogP contribution in [-0.2, 0) is 6.42 Å². The molecule has 0 spiro atoms. The van der Waals surface area contributed by atoms with E-state index in [0.29, 0.717) is 34.3 Å². The van der Waals surface area contributed by atoms with Gasteiger partial charge in [0, 0.05) is 30.5 Å². The van der Waals surface area contributed by atoms with Crippen molar-refractivity contribution in [3.63, 3.8) is 0 Å². The maximum atomic E-state index is 14.2. The Bertz CT molecular complexity index is 691. The highest BCUT2D eigenvalue weighted by Crippen LogP contribution is 2.39. The molecule has 0 bridgehead atoms. The number of benzene rings is 1. The number of fused-ring (bicyclic) bond motifs is 1. The van der Waals surface area contributed by atoms with E-state index in [1.165, 1.54) is 5.38 Å². The third-order valence-corrected chi connectivity index (χ3v) is 5.61.